The summed E-state index contributed by atoms with van der Waals surface area (Å²) in [5.41, 5.74) is 1.11. The first-order valence-corrected chi connectivity index (χ1v) is 11.4. The number of ether oxygens (including phenoxy) is 2. The number of halogens is 1. The van der Waals surface area contributed by atoms with E-state index in [0.29, 0.717) is 17.1 Å². The summed E-state index contributed by atoms with van der Waals surface area (Å²) in [5, 5.41) is 1.91. The van der Waals surface area contributed by atoms with Gasteiger partial charge in [0.2, 0.25) is 11.8 Å². The van der Waals surface area contributed by atoms with Gasteiger partial charge in [0, 0.05) is 25.3 Å². The molecule has 2 amide bonds. The van der Waals surface area contributed by atoms with E-state index < -0.39 is 23.6 Å². The molecule has 2 heterocycles. The number of aromatic nitrogens is 1. The van der Waals surface area contributed by atoms with Gasteiger partial charge in [-0.1, -0.05) is 24.3 Å². The standard InChI is InChI=1S/C24H22FN3O5S/c1-15(29)28(19-8-4-3-7-18(19)25)24-26-17(14-34-24)13-33-23(31)16-11-22(30)27(12-16)20-9-5-6-10-21(20)32-2/h3-10,14,16H,11-13H2,1-2H3. The van der Waals surface area contributed by atoms with Gasteiger partial charge in [0.1, 0.15) is 18.2 Å². The molecule has 0 radical (unpaired) electrons. The van der Waals surface area contributed by atoms with E-state index in [4.69, 9.17) is 9.47 Å². The molecule has 1 saturated heterocycles. The minimum absolute atomic E-state index is 0.0323. The number of methoxy groups -OCH3 is 1. The van der Waals surface area contributed by atoms with Crippen LogP contribution in [0.1, 0.15) is 19.0 Å². The van der Waals surface area contributed by atoms with Crippen molar-refractivity contribution >= 4 is 45.6 Å². The number of nitrogens with zero attached hydrogens (tertiary/aromatic N) is 3. The number of rotatable bonds is 7. The van der Waals surface area contributed by atoms with Crippen LogP contribution in [0.25, 0.3) is 0 Å². The van der Waals surface area contributed by atoms with E-state index in [0.717, 1.165) is 11.3 Å². The third kappa shape index (κ3) is 4.76. The van der Waals surface area contributed by atoms with Crippen molar-refractivity contribution in [3.8, 4) is 5.75 Å². The topological polar surface area (TPSA) is 89.0 Å². The Morgan fingerprint density at radius 3 is 2.68 bits per heavy atom. The zero-order valence-corrected chi connectivity index (χ0v) is 19.4. The van der Waals surface area contributed by atoms with Crippen LogP contribution in [0.2, 0.25) is 0 Å². The summed E-state index contributed by atoms with van der Waals surface area (Å²) in [7, 11) is 1.52. The molecule has 10 heteroatoms. The van der Waals surface area contributed by atoms with Crippen LogP contribution < -0.4 is 14.5 Å². The first kappa shape index (κ1) is 23.4. The summed E-state index contributed by atoms with van der Waals surface area (Å²) in [6.45, 7) is 1.38. The monoisotopic (exact) mass is 483 g/mol. The van der Waals surface area contributed by atoms with Gasteiger partial charge in [-0.25, -0.2) is 9.37 Å². The van der Waals surface area contributed by atoms with Crippen LogP contribution in [0.5, 0.6) is 5.75 Å². The van der Waals surface area contributed by atoms with Gasteiger partial charge < -0.3 is 14.4 Å². The Balaban J connectivity index is 1.41. The van der Waals surface area contributed by atoms with Crippen molar-refractivity contribution in [2.24, 2.45) is 5.92 Å². The predicted octanol–water partition coefficient (Wildman–Crippen LogP) is 4.07. The third-order valence-electron chi connectivity index (χ3n) is 5.34. The molecule has 3 aromatic rings. The molecular weight excluding hydrogens is 461 g/mol. The van der Waals surface area contributed by atoms with E-state index in [9.17, 15) is 18.8 Å². The molecule has 1 fully saturated rings. The van der Waals surface area contributed by atoms with E-state index >= 15 is 0 Å². The second-order valence-electron chi connectivity index (χ2n) is 7.61. The van der Waals surface area contributed by atoms with Gasteiger partial charge in [-0.15, -0.1) is 11.3 Å². The Hall–Kier alpha value is -3.79. The zero-order valence-electron chi connectivity index (χ0n) is 18.6. The third-order valence-corrected chi connectivity index (χ3v) is 6.21. The fraction of sp³-hybridized carbons (Fsp3) is 0.250. The summed E-state index contributed by atoms with van der Waals surface area (Å²) >= 11 is 1.14. The first-order chi connectivity index (χ1) is 16.4. The van der Waals surface area contributed by atoms with Crippen molar-refractivity contribution in [1.82, 2.24) is 4.98 Å². The van der Waals surface area contributed by atoms with E-state index in [-0.39, 0.29) is 36.3 Å². The van der Waals surface area contributed by atoms with Crippen molar-refractivity contribution in [2.45, 2.75) is 20.0 Å². The molecule has 1 aromatic heterocycles. The van der Waals surface area contributed by atoms with Gasteiger partial charge in [-0.2, -0.15) is 0 Å². The molecule has 8 nitrogen and oxygen atoms in total. The van der Waals surface area contributed by atoms with E-state index in [1.807, 2.05) is 0 Å². The number of hydrogen-bond donors (Lipinski definition) is 0. The number of esters is 1. The van der Waals surface area contributed by atoms with Crippen molar-refractivity contribution < 1.29 is 28.2 Å². The Kier molecular flexibility index (Phi) is 6.87. The number of thiazole rings is 1. The van der Waals surface area contributed by atoms with Gasteiger partial charge in [0.25, 0.3) is 0 Å². The van der Waals surface area contributed by atoms with Crippen molar-refractivity contribution in [3.05, 3.63) is 65.4 Å². The maximum Gasteiger partial charge on any atom is 0.311 e. The van der Waals surface area contributed by atoms with Crippen LogP contribution in [0.3, 0.4) is 0 Å². The fourth-order valence-electron chi connectivity index (χ4n) is 3.72. The molecule has 1 aliphatic rings. The van der Waals surface area contributed by atoms with Crippen molar-refractivity contribution in [3.63, 3.8) is 0 Å². The Morgan fingerprint density at radius 2 is 1.94 bits per heavy atom. The number of hydrogen-bond acceptors (Lipinski definition) is 7. The minimum atomic E-state index is -0.623. The Bertz CT molecular complexity index is 1230. The molecule has 34 heavy (non-hydrogen) atoms. The highest BCUT2D eigenvalue weighted by molar-refractivity contribution is 7.14. The van der Waals surface area contributed by atoms with Crippen LogP contribution >= 0.6 is 11.3 Å². The van der Waals surface area contributed by atoms with Crippen LogP contribution in [-0.2, 0) is 25.7 Å². The molecule has 176 valence electrons. The maximum atomic E-state index is 14.2. The summed E-state index contributed by atoms with van der Waals surface area (Å²) < 4.78 is 24.9. The van der Waals surface area contributed by atoms with Gasteiger partial charge in [-0.3, -0.25) is 19.3 Å². The highest BCUT2D eigenvalue weighted by Crippen LogP contribution is 2.34. The summed E-state index contributed by atoms with van der Waals surface area (Å²) in [5.74, 6) is -1.73. The van der Waals surface area contributed by atoms with Crippen LogP contribution in [-0.4, -0.2) is 36.4 Å². The lowest BCUT2D eigenvalue weighted by Gasteiger charge is -2.19. The molecular formula is C24H22FN3O5S. The number of carbonyl (C=O) groups is 3. The molecule has 1 unspecified atom stereocenters. The largest absolute Gasteiger partial charge is 0.495 e. The lowest BCUT2D eigenvalue weighted by molar-refractivity contribution is -0.149. The van der Waals surface area contributed by atoms with Crippen molar-refractivity contribution in [1.29, 1.82) is 0 Å². The van der Waals surface area contributed by atoms with E-state index in [1.54, 1.807) is 35.7 Å². The number of benzene rings is 2. The van der Waals surface area contributed by atoms with Gasteiger partial charge in [0.15, 0.2) is 5.13 Å². The lowest BCUT2D eigenvalue weighted by atomic mass is 10.1. The number of carbonyl (C=O) groups excluding carboxylic acids is 3. The molecule has 1 atom stereocenters. The fourth-order valence-corrected chi connectivity index (χ4v) is 4.58. The normalized spacial score (nSPS) is 15.3. The number of amides is 2. The Labute approximate surface area is 199 Å². The molecule has 0 N–H and O–H groups in total. The quantitative estimate of drug-likeness (QED) is 0.471. The summed E-state index contributed by atoms with van der Waals surface area (Å²) in [6, 6.07) is 13.0. The van der Waals surface area contributed by atoms with E-state index in [2.05, 4.69) is 4.98 Å². The van der Waals surface area contributed by atoms with Gasteiger partial charge >= 0.3 is 5.97 Å². The van der Waals surface area contributed by atoms with Crippen LogP contribution in [0, 0.1) is 11.7 Å². The maximum absolute atomic E-state index is 14.2. The average Bonchev–Trinajstić information content (AvgIpc) is 3.45. The lowest BCUT2D eigenvalue weighted by Crippen LogP contribution is -2.26. The molecule has 0 bridgehead atoms. The number of anilines is 3. The predicted molar refractivity (Wildman–Crippen MR) is 125 cm³/mol. The molecule has 0 saturated carbocycles. The van der Waals surface area contributed by atoms with Crippen LogP contribution in [0.15, 0.2) is 53.9 Å². The van der Waals surface area contributed by atoms with Gasteiger partial charge in [0.05, 0.1) is 30.1 Å². The number of para-hydroxylation sites is 3. The second kappa shape index (κ2) is 10.0. The highest BCUT2D eigenvalue weighted by atomic mass is 32.1. The van der Waals surface area contributed by atoms with Crippen molar-refractivity contribution in [2.75, 3.05) is 23.5 Å². The molecule has 0 spiro atoms. The SMILES string of the molecule is COc1ccccc1N1CC(C(=O)OCc2csc(N(C(C)=O)c3ccccc3F)n2)CC1=O. The average molecular weight is 484 g/mol. The highest BCUT2D eigenvalue weighted by Gasteiger charge is 2.37. The molecule has 0 aliphatic carbocycles. The molecule has 4 rings (SSSR count). The molecule has 2 aromatic carbocycles. The smallest absolute Gasteiger partial charge is 0.311 e. The van der Waals surface area contributed by atoms with E-state index in [1.165, 1.54) is 42.0 Å². The molecule has 1 aliphatic heterocycles. The zero-order chi connectivity index (χ0) is 24.2. The van der Waals surface area contributed by atoms with Crippen LogP contribution in [0.4, 0.5) is 20.9 Å². The minimum Gasteiger partial charge on any atom is -0.495 e. The Morgan fingerprint density at radius 1 is 1.21 bits per heavy atom. The second-order valence-corrected chi connectivity index (χ2v) is 8.45. The van der Waals surface area contributed by atoms with Gasteiger partial charge in [-0.05, 0) is 24.3 Å². The summed E-state index contributed by atoms with van der Waals surface area (Å²) in [6.07, 6.45) is 0.0323. The first-order valence-electron chi connectivity index (χ1n) is 10.5. The summed E-state index contributed by atoms with van der Waals surface area (Å²) in [4.78, 5) is 44.4.